The van der Waals surface area contributed by atoms with Crippen LogP contribution < -0.4 is 9.62 Å². The number of alkyl halides is 3. The number of hydrogen-bond donors (Lipinski definition) is 1. The summed E-state index contributed by atoms with van der Waals surface area (Å²) in [6, 6.07) is 21.2. The second-order valence-corrected chi connectivity index (χ2v) is 10.6. The number of halogens is 3. The van der Waals surface area contributed by atoms with Crippen molar-refractivity contribution in [3.63, 3.8) is 0 Å². The van der Waals surface area contributed by atoms with Gasteiger partial charge < -0.3 is 5.32 Å². The first-order chi connectivity index (χ1) is 16.7. The Kier molecular flexibility index (Phi) is 9.22. The number of nitrogens with one attached hydrogen (secondary N) is 1. The molecular weight excluding hydrogens is 497 g/mol. The summed E-state index contributed by atoms with van der Waals surface area (Å²) in [5, 5.41) is 2.67. The van der Waals surface area contributed by atoms with Crippen molar-refractivity contribution in [2.24, 2.45) is 0 Å². The van der Waals surface area contributed by atoms with Crippen LogP contribution in [0.15, 0.2) is 89.8 Å². The number of sulfonamides is 1. The molecule has 0 saturated heterocycles. The van der Waals surface area contributed by atoms with Gasteiger partial charge in [-0.05, 0) is 48.1 Å². The van der Waals surface area contributed by atoms with Crippen LogP contribution in [0.25, 0.3) is 0 Å². The molecule has 0 aromatic heterocycles. The van der Waals surface area contributed by atoms with Gasteiger partial charge in [0.25, 0.3) is 10.0 Å². The van der Waals surface area contributed by atoms with E-state index in [1.807, 2.05) is 30.3 Å². The van der Waals surface area contributed by atoms with E-state index in [1.54, 1.807) is 17.8 Å². The number of nitrogens with zero attached hydrogens (tertiary/aromatic N) is 1. The van der Waals surface area contributed by atoms with E-state index in [9.17, 15) is 26.4 Å². The van der Waals surface area contributed by atoms with E-state index in [-0.39, 0.29) is 10.6 Å². The molecule has 35 heavy (non-hydrogen) atoms. The van der Waals surface area contributed by atoms with Crippen molar-refractivity contribution < 1.29 is 26.4 Å². The van der Waals surface area contributed by atoms with E-state index < -0.39 is 34.2 Å². The van der Waals surface area contributed by atoms with Gasteiger partial charge in [-0.1, -0.05) is 54.6 Å². The third-order valence-corrected chi connectivity index (χ3v) is 7.88. The first kappa shape index (κ1) is 26.6. The van der Waals surface area contributed by atoms with Crippen LogP contribution in [0.4, 0.5) is 18.9 Å². The van der Waals surface area contributed by atoms with Crippen LogP contribution in [0, 0.1) is 0 Å². The fourth-order valence-corrected chi connectivity index (χ4v) is 5.58. The average Bonchev–Trinajstić information content (AvgIpc) is 2.85. The van der Waals surface area contributed by atoms with Crippen molar-refractivity contribution in [2.45, 2.75) is 23.2 Å². The number of hydrogen-bond acceptors (Lipinski definition) is 4. The Labute approximate surface area is 207 Å². The molecule has 10 heteroatoms. The summed E-state index contributed by atoms with van der Waals surface area (Å²) in [6.45, 7) is -0.321. The summed E-state index contributed by atoms with van der Waals surface area (Å²) in [5.74, 6) is 1.03. The summed E-state index contributed by atoms with van der Waals surface area (Å²) >= 11 is 1.71. The number of benzene rings is 3. The zero-order chi connectivity index (χ0) is 25.3. The van der Waals surface area contributed by atoms with Gasteiger partial charge in [0.15, 0.2) is 0 Å². The summed E-state index contributed by atoms with van der Waals surface area (Å²) in [4.78, 5) is 12.5. The van der Waals surface area contributed by atoms with Crippen LogP contribution in [0.3, 0.4) is 0 Å². The Morgan fingerprint density at radius 2 is 1.57 bits per heavy atom. The zero-order valence-corrected chi connectivity index (χ0v) is 20.4. The molecule has 0 aliphatic rings. The Morgan fingerprint density at radius 1 is 0.914 bits per heavy atom. The van der Waals surface area contributed by atoms with E-state index in [4.69, 9.17) is 0 Å². The fraction of sp³-hybridized carbons (Fsp3) is 0.240. The number of amides is 1. The molecule has 0 atom stereocenters. The zero-order valence-electron chi connectivity index (χ0n) is 18.7. The van der Waals surface area contributed by atoms with Crippen molar-refractivity contribution in [2.75, 3.05) is 23.1 Å². The van der Waals surface area contributed by atoms with Crippen LogP contribution in [0.1, 0.15) is 17.5 Å². The molecule has 3 rings (SSSR count). The summed E-state index contributed by atoms with van der Waals surface area (Å²) < 4.78 is 66.9. The molecule has 0 bridgehead atoms. The molecule has 0 aliphatic carbocycles. The molecule has 1 amide bonds. The lowest BCUT2D eigenvalue weighted by atomic mass is 10.2. The van der Waals surface area contributed by atoms with Gasteiger partial charge in [0.05, 0.1) is 16.1 Å². The molecular formula is C25H25F3N2O3S2. The monoisotopic (exact) mass is 522 g/mol. The number of carbonyl (C=O) groups is 1. The molecule has 5 nitrogen and oxygen atoms in total. The molecule has 0 fully saturated rings. The molecule has 1 N–H and O–H groups in total. The maximum absolute atomic E-state index is 13.2. The molecule has 3 aromatic rings. The summed E-state index contributed by atoms with van der Waals surface area (Å²) in [6.07, 6.45) is -3.99. The highest BCUT2D eigenvalue weighted by molar-refractivity contribution is 7.98. The van der Waals surface area contributed by atoms with Gasteiger partial charge in [0.2, 0.25) is 5.91 Å². The quantitative estimate of drug-likeness (QED) is 0.345. The number of rotatable bonds is 11. The number of thioether (sulfide) groups is 1. The van der Waals surface area contributed by atoms with Gasteiger partial charge in [0, 0.05) is 12.3 Å². The standard InChI is InChI=1S/C25H25F3N2O3S2/c26-25(27,28)21-11-7-12-22(17-21)30(35(32,33)23-13-5-2-6-14-23)18-24(31)29-15-8-16-34-19-20-9-3-1-4-10-20/h1-7,9-14,17H,8,15-16,18-19H2,(H,29,31). The normalized spacial score (nSPS) is 11.7. The second-order valence-electron chi connectivity index (χ2n) is 7.61. The minimum Gasteiger partial charge on any atom is -0.354 e. The van der Waals surface area contributed by atoms with Crippen LogP contribution in [-0.2, 0) is 26.7 Å². The van der Waals surface area contributed by atoms with E-state index >= 15 is 0 Å². The predicted molar refractivity (Wildman–Crippen MR) is 133 cm³/mol. The van der Waals surface area contributed by atoms with Crippen molar-refractivity contribution in [3.05, 3.63) is 96.1 Å². The summed E-state index contributed by atoms with van der Waals surface area (Å²) in [7, 11) is -4.28. The van der Waals surface area contributed by atoms with E-state index in [0.29, 0.717) is 17.3 Å². The highest BCUT2D eigenvalue weighted by Gasteiger charge is 2.33. The third-order valence-electron chi connectivity index (χ3n) is 4.98. The summed E-state index contributed by atoms with van der Waals surface area (Å²) in [5.41, 5.74) is -0.0410. The first-order valence-corrected chi connectivity index (χ1v) is 13.4. The van der Waals surface area contributed by atoms with Gasteiger partial charge in [-0.15, -0.1) is 0 Å². The van der Waals surface area contributed by atoms with Gasteiger partial charge in [-0.25, -0.2) is 8.42 Å². The van der Waals surface area contributed by atoms with Crippen molar-refractivity contribution >= 4 is 33.4 Å². The predicted octanol–water partition coefficient (Wildman–Crippen LogP) is 5.34. The minimum atomic E-state index is -4.65. The fourth-order valence-electron chi connectivity index (χ4n) is 3.22. The maximum Gasteiger partial charge on any atom is 0.416 e. The molecule has 0 radical (unpaired) electrons. The molecule has 3 aromatic carbocycles. The van der Waals surface area contributed by atoms with Crippen LogP contribution in [0.2, 0.25) is 0 Å². The van der Waals surface area contributed by atoms with E-state index in [2.05, 4.69) is 5.32 Å². The SMILES string of the molecule is O=C(CN(c1cccc(C(F)(F)F)c1)S(=O)(=O)c1ccccc1)NCCCSCc1ccccc1. The Morgan fingerprint density at radius 3 is 2.23 bits per heavy atom. The van der Waals surface area contributed by atoms with Crippen molar-refractivity contribution in [1.29, 1.82) is 0 Å². The highest BCUT2D eigenvalue weighted by atomic mass is 32.2. The molecule has 186 valence electrons. The average molecular weight is 523 g/mol. The van der Waals surface area contributed by atoms with Crippen molar-refractivity contribution in [3.8, 4) is 0 Å². The largest absolute Gasteiger partial charge is 0.416 e. The first-order valence-electron chi connectivity index (χ1n) is 10.8. The Bertz CT molecular complexity index is 1210. The molecule has 0 aliphatic heterocycles. The topological polar surface area (TPSA) is 66.5 Å². The lowest BCUT2D eigenvalue weighted by Crippen LogP contribution is -2.41. The highest BCUT2D eigenvalue weighted by Crippen LogP contribution is 2.33. The van der Waals surface area contributed by atoms with Gasteiger partial charge in [-0.3, -0.25) is 9.10 Å². The van der Waals surface area contributed by atoms with Crippen LogP contribution >= 0.6 is 11.8 Å². The van der Waals surface area contributed by atoms with Crippen LogP contribution in [0.5, 0.6) is 0 Å². The number of anilines is 1. The smallest absolute Gasteiger partial charge is 0.354 e. The van der Waals surface area contributed by atoms with Crippen LogP contribution in [-0.4, -0.2) is 33.2 Å². The lowest BCUT2D eigenvalue weighted by molar-refractivity contribution is -0.137. The second kappa shape index (κ2) is 12.1. The van der Waals surface area contributed by atoms with Gasteiger partial charge >= 0.3 is 6.18 Å². The minimum absolute atomic E-state index is 0.123. The maximum atomic E-state index is 13.2. The van der Waals surface area contributed by atoms with Crippen molar-refractivity contribution in [1.82, 2.24) is 5.32 Å². The Hall–Kier alpha value is -2.98. The Balaban J connectivity index is 1.66. The molecule has 0 spiro atoms. The van der Waals surface area contributed by atoms with Gasteiger partial charge in [0.1, 0.15) is 6.54 Å². The van der Waals surface area contributed by atoms with E-state index in [1.165, 1.54) is 35.9 Å². The third kappa shape index (κ3) is 7.76. The molecule has 0 heterocycles. The lowest BCUT2D eigenvalue weighted by Gasteiger charge is -2.25. The molecule has 0 unspecified atom stereocenters. The molecule has 0 saturated carbocycles. The van der Waals surface area contributed by atoms with E-state index in [0.717, 1.165) is 29.7 Å². The number of carbonyl (C=O) groups excluding carboxylic acids is 1. The van der Waals surface area contributed by atoms with Gasteiger partial charge in [-0.2, -0.15) is 24.9 Å².